The fourth-order valence-corrected chi connectivity index (χ4v) is 2.95. The molecule has 1 saturated heterocycles. The van der Waals surface area contributed by atoms with Crippen LogP contribution < -0.4 is 4.90 Å². The van der Waals surface area contributed by atoms with Gasteiger partial charge >= 0.3 is 0 Å². The molecule has 1 fully saturated rings. The Labute approximate surface area is 105 Å². The van der Waals surface area contributed by atoms with E-state index in [9.17, 15) is 0 Å². The number of rotatable bonds is 3. The summed E-state index contributed by atoms with van der Waals surface area (Å²) in [6.45, 7) is 4.36. The Kier molecular flexibility index (Phi) is 2.70. The van der Waals surface area contributed by atoms with E-state index in [1.807, 2.05) is 11.8 Å². The van der Waals surface area contributed by atoms with Crippen molar-refractivity contribution in [2.45, 2.75) is 18.6 Å². The minimum atomic E-state index is 0.754. The van der Waals surface area contributed by atoms with Gasteiger partial charge in [0, 0.05) is 24.5 Å². The molecule has 0 spiro atoms. The maximum Gasteiger partial charge on any atom is 0.143 e. The van der Waals surface area contributed by atoms with Gasteiger partial charge in [-0.15, -0.1) is 0 Å². The van der Waals surface area contributed by atoms with Crippen LogP contribution in [0.4, 0.5) is 5.82 Å². The fourth-order valence-electron chi connectivity index (χ4n) is 2.29. The zero-order valence-corrected chi connectivity index (χ0v) is 10.9. The van der Waals surface area contributed by atoms with E-state index < -0.39 is 0 Å². The minimum Gasteiger partial charge on any atom is -0.354 e. The molecule has 1 aliphatic rings. The van der Waals surface area contributed by atoms with Gasteiger partial charge in [-0.2, -0.15) is 11.8 Å². The van der Waals surface area contributed by atoms with Crippen LogP contribution in [0.1, 0.15) is 12.5 Å². The minimum absolute atomic E-state index is 0.754. The molecule has 1 N–H and O–H groups in total. The molecule has 0 aromatic carbocycles. The lowest BCUT2D eigenvalue weighted by Crippen LogP contribution is -2.49. The molecule has 1 aliphatic heterocycles. The molecular formula is C12H16N4S. The Bertz CT molecular complexity index is 530. The normalized spacial score (nSPS) is 16.5. The summed E-state index contributed by atoms with van der Waals surface area (Å²) in [7, 11) is 0. The lowest BCUT2D eigenvalue weighted by Gasteiger charge is -2.39. The quantitative estimate of drug-likeness (QED) is 0.903. The van der Waals surface area contributed by atoms with Crippen molar-refractivity contribution in [2.24, 2.45) is 0 Å². The van der Waals surface area contributed by atoms with Crippen molar-refractivity contribution in [1.82, 2.24) is 15.0 Å². The van der Waals surface area contributed by atoms with E-state index in [1.165, 1.54) is 10.9 Å². The Morgan fingerprint density at radius 2 is 2.29 bits per heavy atom. The van der Waals surface area contributed by atoms with Crippen molar-refractivity contribution >= 4 is 28.6 Å². The lowest BCUT2D eigenvalue weighted by molar-refractivity contribution is 0.629. The van der Waals surface area contributed by atoms with Gasteiger partial charge in [0.2, 0.25) is 0 Å². The SMILES string of the molecule is CCc1c[nH]c2ncnc(N3CC(SC)C3)c12. The first kappa shape index (κ1) is 10.9. The molecule has 0 aliphatic carbocycles. The Morgan fingerprint density at radius 1 is 1.47 bits per heavy atom. The van der Waals surface area contributed by atoms with Gasteiger partial charge in [-0.3, -0.25) is 0 Å². The summed E-state index contributed by atoms with van der Waals surface area (Å²) in [5, 5.41) is 1.96. The smallest absolute Gasteiger partial charge is 0.143 e. The van der Waals surface area contributed by atoms with E-state index in [2.05, 4.69) is 39.2 Å². The molecule has 0 unspecified atom stereocenters. The second-order valence-electron chi connectivity index (χ2n) is 4.35. The number of nitrogens with zero attached hydrogens (tertiary/aromatic N) is 3. The van der Waals surface area contributed by atoms with Crippen LogP contribution in [0.3, 0.4) is 0 Å². The number of thioether (sulfide) groups is 1. The van der Waals surface area contributed by atoms with Gasteiger partial charge in [0.1, 0.15) is 17.8 Å². The summed E-state index contributed by atoms with van der Waals surface area (Å²) < 4.78 is 0. The maximum atomic E-state index is 4.46. The zero-order valence-electron chi connectivity index (χ0n) is 10.1. The van der Waals surface area contributed by atoms with Gasteiger partial charge in [-0.25, -0.2) is 9.97 Å². The second-order valence-corrected chi connectivity index (χ2v) is 5.49. The average Bonchev–Trinajstić information content (AvgIpc) is 2.71. The van der Waals surface area contributed by atoms with Crippen molar-refractivity contribution in [1.29, 1.82) is 0 Å². The number of hydrogen-bond acceptors (Lipinski definition) is 4. The number of fused-ring (bicyclic) bond motifs is 1. The third kappa shape index (κ3) is 1.69. The first-order chi connectivity index (χ1) is 8.33. The van der Waals surface area contributed by atoms with Crippen molar-refractivity contribution < 1.29 is 0 Å². The van der Waals surface area contributed by atoms with Gasteiger partial charge in [0.05, 0.1) is 5.39 Å². The number of aryl methyl sites for hydroxylation is 1. The van der Waals surface area contributed by atoms with E-state index in [1.54, 1.807) is 6.33 Å². The predicted octanol–water partition coefficient (Wildman–Crippen LogP) is 2.07. The molecule has 5 heteroatoms. The Hall–Kier alpha value is -1.23. The van der Waals surface area contributed by atoms with Crippen LogP contribution in [0.25, 0.3) is 11.0 Å². The fraction of sp³-hybridized carbons (Fsp3) is 0.500. The van der Waals surface area contributed by atoms with Crippen LogP contribution in [-0.2, 0) is 6.42 Å². The molecule has 0 saturated carbocycles. The zero-order chi connectivity index (χ0) is 11.8. The molecule has 3 rings (SSSR count). The first-order valence-corrected chi connectivity index (χ1v) is 7.21. The van der Waals surface area contributed by atoms with E-state index in [0.29, 0.717) is 0 Å². The van der Waals surface area contributed by atoms with Crippen LogP contribution in [0.2, 0.25) is 0 Å². The molecular weight excluding hydrogens is 232 g/mol. The predicted molar refractivity (Wildman–Crippen MR) is 72.8 cm³/mol. The third-order valence-corrected chi connectivity index (χ3v) is 4.36. The summed E-state index contributed by atoms with van der Waals surface area (Å²) in [6.07, 6.45) is 6.89. The molecule has 2 aromatic rings. The van der Waals surface area contributed by atoms with Crippen molar-refractivity contribution in [3.8, 4) is 0 Å². The highest BCUT2D eigenvalue weighted by molar-refractivity contribution is 7.99. The lowest BCUT2D eigenvalue weighted by atomic mass is 10.1. The molecule has 0 atom stereocenters. The number of H-pyrrole nitrogens is 1. The van der Waals surface area contributed by atoms with Crippen LogP contribution in [0, 0.1) is 0 Å². The van der Waals surface area contributed by atoms with Gasteiger partial charge in [-0.05, 0) is 18.2 Å². The van der Waals surface area contributed by atoms with Crippen molar-refractivity contribution in [3.63, 3.8) is 0 Å². The molecule has 90 valence electrons. The summed E-state index contributed by atoms with van der Waals surface area (Å²) in [4.78, 5) is 14.3. The second kappa shape index (κ2) is 4.22. The highest BCUT2D eigenvalue weighted by Crippen LogP contribution is 2.31. The highest BCUT2D eigenvalue weighted by Gasteiger charge is 2.28. The van der Waals surface area contributed by atoms with E-state index in [0.717, 1.165) is 36.2 Å². The number of nitrogens with one attached hydrogen (secondary N) is 1. The molecule has 4 nitrogen and oxygen atoms in total. The van der Waals surface area contributed by atoms with E-state index >= 15 is 0 Å². The van der Waals surface area contributed by atoms with Crippen molar-refractivity contribution in [2.75, 3.05) is 24.2 Å². The Morgan fingerprint density at radius 3 is 3.00 bits per heavy atom. The van der Waals surface area contributed by atoms with Gasteiger partial charge in [0.25, 0.3) is 0 Å². The summed E-state index contributed by atoms with van der Waals surface area (Å²) in [5.41, 5.74) is 2.27. The van der Waals surface area contributed by atoms with Crippen LogP contribution >= 0.6 is 11.8 Å². The summed E-state index contributed by atoms with van der Waals surface area (Å²) in [6, 6.07) is 0. The largest absolute Gasteiger partial charge is 0.354 e. The highest BCUT2D eigenvalue weighted by atomic mass is 32.2. The molecule has 0 bridgehead atoms. The average molecular weight is 248 g/mol. The number of aromatic nitrogens is 3. The van der Waals surface area contributed by atoms with Gasteiger partial charge in [0.15, 0.2) is 0 Å². The third-order valence-electron chi connectivity index (χ3n) is 3.39. The monoisotopic (exact) mass is 248 g/mol. The topological polar surface area (TPSA) is 44.8 Å². The van der Waals surface area contributed by atoms with Crippen LogP contribution in [0.5, 0.6) is 0 Å². The van der Waals surface area contributed by atoms with Crippen molar-refractivity contribution in [3.05, 3.63) is 18.1 Å². The van der Waals surface area contributed by atoms with Gasteiger partial charge < -0.3 is 9.88 Å². The van der Waals surface area contributed by atoms with E-state index in [4.69, 9.17) is 0 Å². The summed E-state index contributed by atoms with van der Waals surface area (Å²) in [5.74, 6) is 1.10. The van der Waals surface area contributed by atoms with E-state index in [-0.39, 0.29) is 0 Å². The Balaban J connectivity index is 2.01. The van der Waals surface area contributed by atoms with Crippen LogP contribution in [0.15, 0.2) is 12.5 Å². The number of anilines is 1. The first-order valence-electron chi connectivity index (χ1n) is 5.92. The standard InChI is InChI=1S/C12H16N4S/c1-3-8-4-13-11-10(8)12(15-7-14-11)16-5-9(6-16)17-2/h4,7,9H,3,5-6H2,1-2H3,(H,13,14,15). The number of aromatic amines is 1. The molecule has 0 amide bonds. The number of hydrogen-bond donors (Lipinski definition) is 1. The van der Waals surface area contributed by atoms with Crippen LogP contribution in [-0.4, -0.2) is 39.5 Å². The van der Waals surface area contributed by atoms with Gasteiger partial charge in [-0.1, -0.05) is 6.92 Å². The molecule has 17 heavy (non-hydrogen) atoms. The molecule has 2 aromatic heterocycles. The molecule has 3 heterocycles. The maximum absolute atomic E-state index is 4.46. The summed E-state index contributed by atoms with van der Waals surface area (Å²) >= 11 is 1.93. The molecule has 0 radical (unpaired) electrons.